The van der Waals surface area contributed by atoms with Crippen molar-refractivity contribution in [1.29, 1.82) is 0 Å². The Kier molecular flexibility index (Phi) is 6.02. The van der Waals surface area contributed by atoms with Gasteiger partial charge in [0.2, 0.25) is 0 Å². The van der Waals surface area contributed by atoms with Gasteiger partial charge in [-0.1, -0.05) is 28.1 Å². The molecule has 1 fully saturated rings. The Bertz CT molecular complexity index is 749. The van der Waals surface area contributed by atoms with Crippen molar-refractivity contribution in [2.45, 2.75) is 18.9 Å². The van der Waals surface area contributed by atoms with Gasteiger partial charge in [0.15, 0.2) is 6.61 Å². The normalized spacial score (nSPS) is 16.8. The van der Waals surface area contributed by atoms with E-state index < -0.39 is 0 Å². The Morgan fingerprint density at radius 1 is 1.20 bits per heavy atom. The molecule has 4 nitrogen and oxygen atoms in total. The molecule has 0 aliphatic carbocycles. The second-order valence-electron chi connectivity index (χ2n) is 5.88. The second kappa shape index (κ2) is 8.23. The van der Waals surface area contributed by atoms with Crippen LogP contribution in [0.3, 0.4) is 0 Å². The molecule has 1 atom stereocenters. The molecule has 6 heteroatoms. The number of ether oxygens (including phenoxy) is 2. The van der Waals surface area contributed by atoms with Gasteiger partial charge in [0, 0.05) is 11.0 Å². The first kappa shape index (κ1) is 18.3. The molecule has 1 aliphatic rings. The fourth-order valence-electron chi connectivity index (χ4n) is 3.05. The lowest BCUT2D eigenvalue weighted by molar-refractivity contribution is -0.134. The Morgan fingerprint density at radius 3 is 2.64 bits per heavy atom. The maximum atomic E-state index is 12.7. The summed E-state index contributed by atoms with van der Waals surface area (Å²) in [6.45, 7) is 0.799. The maximum absolute atomic E-state index is 12.7. The topological polar surface area (TPSA) is 38.8 Å². The number of amides is 1. The molecular formula is C19H19Br2NO3. The molecule has 0 radical (unpaired) electrons. The lowest BCUT2D eigenvalue weighted by Crippen LogP contribution is -2.34. The van der Waals surface area contributed by atoms with Gasteiger partial charge < -0.3 is 14.4 Å². The van der Waals surface area contributed by atoms with E-state index in [1.54, 1.807) is 7.11 Å². The van der Waals surface area contributed by atoms with Gasteiger partial charge in [0.25, 0.3) is 5.91 Å². The van der Waals surface area contributed by atoms with E-state index >= 15 is 0 Å². The zero-order valence-corrected chi connectivity index (χ0v) is 17.0. The summed E-state index contributed by atoms with van der Waals surface area (Å²) >= 11 is 6.86. The summed E-state index contributed by atoms with van der Waals surface area (Å²) in [5.74, 6) is 1.49. The van der Waals surface area contributed by atoms with E-state index in [1.165, 1.54) is 0 Å². The van der Waals surface area contributed by atoms with Crippen LogP contribution in [0.25, 0.3) is 0 Å². The molecule has 1 amide bonds. The summed E-state index contributed by atoms with van der Waals surface area (Å²) in [6, 6.07) is 13.7. The third-order valence-corrected chi connectivity index (χ3v) is 5.43. The molecule has 0 saturated carbocycles. The number of hydrogen-bond donors (Lipinski definition) is 0. The molecule has 2 aromatic rings. The first-order valence-electron chi connectivity index (χ1n) is 8.10. The summed E-state index contributed by atoms with van der Waals surface area (Å²) in [5.41, 5.74) is 1.14. The van der Waals surface area contributed by atoms with E-state index in [0.717, 1.165) is 39.6 Å². The number of methoxy groups -OCH3 is 1. The van der Waals surface area contributed by atoms with Gasteiger partial charge in [-0.2, -0.15) is 0 Å². The maximum Gasteiger partial charge on any atom is 0.261 e. The van der Waals surface area contributed by atoms with E-state index in [2.05, 4.69) is 31.9 Å². The number of nitrogens with zero attached hydrogens (tertiary/aromatic N) is 1. The first-order chi connectivity index (χ1) is 12.1. The number of carbonyl (C=O) groups excluding carboxylic acids is 1. The van der Waals surface area contributed by atoms with Crippen molar-refractivity contribution >= 4 is 37.8 Å². The molecule has 3 rings (SSSR count). The fraction of sp³-hybridized carbons (Fsp3) is 0.316. The molecule has 25 heavy (non-hydrogen) atoms. The van der Waals surface area contributed by atoms with Gasteiger partial charge in [-0.25, -0.2) is 0 Å². The third-order valence-electron chi connectivity index (χ3n) is 4.32. The van der Waals surface area contributed by atoms with Crippen molar-refractivity contribution in [1.82, 2.24) is 4.90 Å². The summed E-state index contributed by atoms with van der Waals surface area (Å²) in [7, 11) is 1.65. The highest BCUT2D eigenvalue weighted by molar-refractivity contribution is 9.11. The number of rotatable bonds is 5. The molecule has 0 aromatic heterocycles. The SMILES string of the molecule is COc1ccc(C2CCCN2C(=O)COc2ccc(Br)cc2Br)cc1. The molecule has 0 spiro atoms. The van der Waals surface area contributed by atoms with Crippen LogP contribution in [0.15, 0.2) is 51.4 Å². The molecule has 132 valence electrons. The highest BCUT2D eigenvalue weighted by atomic mass is 79.9. The van der Waals surface area contributed by atoms with Crippen LogP contribution in [0.5, 0.6) is 11.5 Å². The van der Waals surface area contributed by atoms with Crippen LogP contribution in [0.1, 0.15) is 24.4 Å². The molecule has 0 N–H and O–H groups in total. The van der Waals surface area contributed by atoms with Crippen LogP contribution in [0.4, 0.5) is 0 Å². The van der Waals surface area contributed by atoms with Crippen LogP contribution < -0.4 is 9.47 Å². The van der Waals surface area contributed by atoms with E-state index in [4.69, 9.17) is 9.47 Å². The van der Waals surface area contributed by atoms with Crippen LogP contribution in [0, 0.1) is 0 Å². The third kappa shape index (κ3) is 4.36. The molecule has 1 aliphatic heterocycles. The number of benzene rings is 2. The minimum Gasteiger partial charge on any atom is -0.497 e. The quantitative estimate of drug-likeness (QED) is 0.622. The second-order valence-corrected chi connectivity index (χ2v) is 7.65. The van der Waals surface area contributed by atoms with Crippen LogP contribution in [0.2, 0.25) is 0 Å². The number of carbonyl (C=O) groups is 1. The van der Waals surface area contributed by atoms with Crippen LogP contribution in [-0.2, 0) is 4.79 Å². The van der Waals surface area contributed by atoms with Crippen molar-refractivity contribution in [3.8, 4) is 11.5 Å². The highest BCUT2D eigenvalue weighted by Gasteiger charge is 2.30. The van der Waals surface area contributed by atoms with E-state index in [0.29, 0.717) is 5.75 Å². The van der Waals surface area contributed by atoms with Gasteiger partial charge in [0.1, 0.15) is 11.5 Å². The molecular weight excluding hydrogens is 450 g/mol. The van der Waals surface area contributed by atoms with Crippen molar-refractivity contribution < 1.29 is 14.3 Å². The fourth-order valence-corrected chi connectivity index (χ4v) is 4.21. The van der Waals surface area contributed by atoms with Crippen molar-refractivity contribution in [3.05, 3.63) is 57.0 Å². The summed E-state index contributed by atoms with van der Waals surface area (Å²) in [6.07, 6.45) is 1.98. The average Bonchev–Trinajstić information content (AvgIpc) is 3.10. The van der Waals surface area contributed by atoms with Crippen LogP contribution in [-0.4, -0.2) is 31.1 Å². The Balaban J connectivity index is 1.65. The van der Waals surface area contributed by atoms with Gasteiger partial charge >= 0.3 is 0 Å². The lowest BCUT2D eigenvalue weighted by atomic mass is 10.0. The molecule has 1 saturated heterocycles. The predicted octanol–water partition coefficient (Wildman–Crippen LogP) is 4.96. The zero-order chi connectivity index (χ0) is 17.8. The molecule has 1 heterocycles. The first-order valence-corrected chi connectivity index (χ1v) is 9.68. The number of likely N-dealkylation sites (tertiary alicyclic amines) is 1. The van der Waals surface area contributed by atoms with Gasteiger partial charge in [-0.3, -0.25) is 4.79 Å². The summed E-state index contributed by atoms with van der Waals surface area (Å²) in [5, 5.41) is 0. The summed E-state index contributed by atoms with van der Waals surface area (Å²) < 4.78 is 12.7. The van der Waals surface area contributed by atoms with E-state index in [9.17, 15) is 4.79 Å². The average molecular weight is 469 g/mol. The molecule has 1 unspecified atom stereocenters. The molecule has 2 aromatic carbocycles. The van der Waals surface area contributed by atoms with Gasteiger partial charge in [-0.15, -0.1) is 0 Å². The monoisotopic (exact) mass is 467 g/mol. The zero-order valence-electron chi connectivity index (χ0n) is 13.9. The van der Waals surface area contributed by atoms with E-state index in [1.807, 2.05) is 47.4 Å². The number of halogens is 2. The summed E-state index contributed by atoms with van der Waals surface area (Å²) in [4.78, 5) is 14.6. The largest absolute Gasteiger partial charge is 0.497 e. The van der Waals surface area contributed by atoms with Crippen molar-refractivity contribution in [3.63, 3.8) is 0 Å². The minimum absolute atomic E-state index is 0.00753. The lowest BCUT2D eigenvalue weighted by Gasteiger charge is -2.25. The molecule has 0 bridgehead atoms. The van der Waals surface area contributed by atoms with Gasteiger partial charge in [-0.05, 0) is 64.7 Å². The van der Waals surface area contributed by atoms with Gasteiger partial charge in [0.05, 0.1) is 17.6 Å². The minimum atomic E-state index is 0.00753. The smallest absolute Gasteiger partial charge is 0.261 e. The predicted molar refractivity (Wildman–Crippen MR) is 104 cm³/mol. The Hall–Kier alpha value is -1.53. The van der Waals surface area contributed by atoms with Crippen molar-refractivity contribution in [2.75, 3.05) is 20.3 Å². The Labute approximate surface area is 164 Å². The standard InChI is InChI=1S/C19H19Br2NO3/c1-24-15-7-4-13(5-8-15)17-3-2-10-22(17)19(23)12-25-18-9-6-14(20)11-16(18)21/h4-9,11,17H,2-3,10,12H2,1H3. The number of hydrogen-bond acceptors (Lipinski definition) is 3. The Morgan fingerprint density at radius 2 is 1.96 bits per heavy atom. The van der Waals surface area contributed by atoms with Crippen molar-refractivity contribution in [2.24, 2.45) is 0 Å². The van der Waals surface area contributed by atoms with E-state index in [-0.39, 0.29) is 18.6 Å². The highest BCUT2D eigenvalue weighted by Crippen LogP contribution is 2.33. The van der Waals surface area contributed by atoms with Crippen LogP contribution >= 0.6 is 31.9 Å².